The van der Waals surface area contributed by atoms with Crippen LogP contribution in [0.1, 0.15) is 37.8 Å². The fourth-order valence-electron chi connectivity index (χ4n) is 2.82. The minimum absolute atomic E-state index is 0.143. The minimum Gasteiger partial charge on any atom is -0.384 e. The summed E-state index contributed by atoms with van der Waals surface area (Å²) < 4.78 is 0. The topological polar surface area (TPSA) is 53.1 Å². The predicted octanol–water partition coefficient (Wildman–Crippen LogP) is 2.90. The lowest BCUT2D eigenvalue weighted by Gasteiger charge is -2.40. The van der Waals surface area contributed by atoms with E-state index in [2.05, 4.69) is 31.7 Å². The molecule has 0 aliphatic carbocycles. The second kappa shape index (κ2) is 5.01. The lowest BCUT2D eigenvalue weighted by Crippen LogP contribution is -2.42. The molecular weight excluding hydrogens is 222 g/mol. The van der Waals surface area contributed by atoms with E-state index in [4.69, 9.17) is 11.1 Å². The summed E-state index contributed by atoms with van der Waals surface area (Å²) in [6.07, 6.45) is 2.58. The zero-order chi connectivity index (χ0) is 13.3. The van der Waals surface area contributed by atoms with Crippen molar-refractivity contribution in [1.29, 1.82) is 5.41 Å². The molecule has 1 fully saturated rings. The van der Waals surface area contributed by atoms with Gasteiger partial charge in [0, 0.05) is 23.8 Å². The molecule has 1 saturated heterocycles. The molecule has 0 spiro atoms. The normalized spacial score (nSPS) is 24.1. The van der Waals surface area contributed by atoms with Crippen molar-refractivity contribution in [3.05, 3.63) is 29.3 Å². The number of nitrogens with zero attached hydrogens (tertiary/aromatic N) is 1. The monoisotopic (exact) mass is 245 g/mol. The van der Waals surface area contributed by atoms with Gasteiger partial charge in [-0.2, -0.15) is 0 Å². The van der Waals surface area contributed by atoms with Crippen LogP contribution in [0.15, 0.2) is 18.2 Å². The van der Waals surface area contributed by atoms with Crippen molar-refractivity contribution in [2.75, 3.05) is 11.4 Å². The van der Waals surface area contributed by atoms with Crippen molar-refractivity contribution in [2.45, 2.75) is 39.7 Å². The molecular formula is C15H23N3. The van der Waals surface area contributed by atoms with Crippen LogP contribution in [0.2, 0.25) is 0 Å². The smallest absolute Gasteiger partial charge is 0.122 e. The molecule has 0 radical (unpaired) electrons. The van der Waals surface area contributed by atoms with Crippen molar-refractivity contribution in [3.63, 3.8) is 0 Å². The number of benzene rings is 1. The van der Waals surface area contributed by atoms with E-state index in [-0.39, 0.29) is 5.84 Å². The second-order valence-corrected chi connectivity index (χ2v) is 5.47. The third-order valence-electron chi connectivity index (χ3n) is 4.19. The number of nitrogen functional groups attached to an aromatic ring is 1. The van der Waals surface area contributed by atoms with E-state index >= 15 is 0 Å². The maximum atomic E-state index is 7.48. The number of hydrogen-bond acceptors (Lipinski definition) is 2. The van der Waals surface area contributed by atoms with Crippen molar-refractivity contribution in [2.24, 2.45) is 11.7 Å². The van der Waals surface area contributed by atoms with Gasteiger partial charge in [0.15, 0.2) is 0 Å². The number of aryl methyl sites for hydroxylation is 1. The molecule has 1 aromatic carbocycles. The molecule has 0 saturated carbocycles. The first-order valence-electron chi connectivity index (χ1n) is 6.72. The van der Waals surface area contributed by atoms with Gasteiger partial charge in [-0.25, -0.2) is 0 Å². The Balaban J connectivity index is 2.30. The molecule has 0 aromatic heterocycles. The van der Waals surface area contributed by atoms with Crippen molar-refractivity contribution >= 4 is 11.5 Å². The Bertz CT molecular complexity index is 453. The van der Waals surface area contributed by atoms with Crippen LogP contribution >= 0.6 is 0 Å². The van der Waals surface area contributed by atoms with Crippen molar-refractivity contribution in [3.8, 4) is 0 Å². The third-order valence-corrected chi connectivity index (χ3v) is 4.19. The first-order chi connectivity index (χ1) is 8.50. The molecule has 2 atom stereocenters. The Morgan fingerprint density at radius 3 is 2.72 bits per heavy atom. The quantitative estimate of drug-likeness (QED) is 0.622. The molecule has 3 nitrogen and oxygen atoms in total. The van der Waals surface area contributed by atoms with E-state index < -0.39 is 0 Å². The van der Waals surface area contributed by atoms with Crippen molar-refractivity contribution < 1.29 is 0 Å². The molecule has 1 aliphatic rings. The predicted molar refractivity (Wildman–Crippen MR) is 77.4 cm³/mol. The summed E-state index contributed by atoms with van der Waals surface area (Å²) in [7, 11) is 0. The van der Waals surface area contributed by atoms with Crippen molar-refractivity contribution in [1.82, 2.24) is 0 Å². The second-order valence-electron chi connectivity index (χ2n) is 5.47. The SMILES string of the molecule is Cc1cc(C(=N)N)ccc1N1CCCC(C)C1C. The number of hydrogen-bond donors (Lipinski definition) is 2. The summed E-state index contributed by atoms with van der Waals surface area (Å²) >= 11 is 0. The number of piperidine rings is 1. The summed E-state index contributed by atoms with van der Waals surface area (Å²) in [6.45, 7) is 7.87. The van der Waals surface area contributed by atoms with Gasteiger partial charge in [0.2, 0.25) is 0 Å². The molecule has 1 heterocycles. The van der Waals surface area contributed by atoms with Gasteiger partial charge in [-0.1, -0.05) is 6.92 Å². The highest BCUT2D eigenvalue weighted by Crippen LogP contribution is 2.30. The molecule has 0 amide bonds. The van der Waals surface area contributed by atoms with Gasteiger partial charge in [-0.15, -0.1) is 0 Å². The highest BCUT2D eigenvalue weighted by molar-refractivity contribution is 5.95. The van der Waals surface area contributed by atoms with Gasteiger partial charge in [0.25, 0.3) is 0 Å². The highest BCUT2D eigenvalue weighted by atomic mass is 15.2. The van der Waals surface area contributed by atoms with Crippen LogP contribution in [0, 0.1) is 18.3 Å². The Morgan fingerprint density at radius 1 is 1.39 bits per heavy atom. The van der Waals surface area contributed by atoms with E-state index in [1.807, 2.05) is 12.1 Å². The van der Waals surface area contributed by atoms with Crippen LogP contribution in [0.5, 0.6) is 0 Å². The Labute approximate surface area is 109 Å². The average Bonchev–Trinajstić information content (AvgIpc) is 2.33. The molecule has 3 N–H and O–H groups in total. The van der Waals surface area contributed by atoms with Crippen LogP contribution in [-0.2, 0) is 0 Å². The summed E-state index contributed by atoms with van der Waals surface area (Å²) in [5, 5.41) is 7.48. The van der Waals surface area contributed by atoms with E-state index in [0.29, 0.717) is 6.04 Å². The van der Waals surface area contributed by atoms with Gasteiger partial charge >= 0.3 is 0 Å². The van der Waals surface area contributed by atoms with Gasteiger partial charge in [0.1, 0.15) is 5.84 Å². The average molecular weight is 245 g/mol. The molecule has 98 valence electrons. The zero-order valence-electron chi connectivity index (χ0n) is 11.5. The Morgan fingerprint density at radius 2 is 2.11 bits per heavy atom. The fourth-order valence-corrected chi connectivity index (χ4v) is 2.82. The van der Waals surface area contributed by atoms with Crippen LogP contribution in [0.3, 0.4) is 0 Å². The lowest BCUT2D eigenvalue weighted by molar-refractivity contribution is 0.363. The van der Waals surface area contributed by atoms with E-state index in [1.54, 1.807) is 0 Å². The standard InChI is InChI=1S/C15H23N3/c1-10-5-4-8-18(12(10)3)14-7-6-13(15(16)17)9-11(14)2/h6-7,9-10,12H,4-5,8H2,1-3H3,(H3,16,17). The van der Waals surface area contributed by atoms with Crippen LogP contribution in [0.4, 0.5) is 5.69 Å². The third kappa shape index (κ3) is 2.35. The number of anilines is 1. The van der Waals surface area contributed by atoms with Gasteiger partial charge < -0.3 is 10.6 Å². The van der Waals surface area contributed by atoms with Gasteiger partial charge in [-0.05, 0) is 56.4 Å². The molecule has 1 aliphatic heterocycles. The van der Waals surface area contributed by atoms with E-state index in [0.717, 1.165) is 18.0 Å². The van der Waals surface area contributed by atoms with Crippen LogP contribution in [-0.4, -0.2) is 18.4 Å². The molecule has 2 rings (SSSR count). The summed E-state index contributed by atoms with van der Waals surface area (Å²) in [5.74, 6) is 0.885. The zero-order valence-corrected chi connectivity index (χ0v) is 11.5. The Hall–Kier alpha value is -1.51. The first-order valence-corrected chi connectivity index (χ1v) is 6.72. The van der Waals surface area contributed by atoms with E-state index in [1.165, 1.54) is 24.1 Å². The largest absolute Gasteiger partial charge is 0.384 e. The number of amidine groups is 1. The molecule has 3 heteroatoms. The van der Waals surface area contributed by atoms with Crippen LogP contribution in [0.25, 0.3) is 0 Å². The van der Waals surface area contributed by atoms with Gasteiger partial charge in [-0.3, -0.25) is 5.41 Å². The molecule has 0 bridgehead atoms. The number of rotatable bonds is 2. The maximum Gasteiger partial charge on any atom is 0.122 e. The summed E-state index contributed by atoms with van der Waals surface area (Å²) in [4.78, 5) is 2.49. The molecule has 2 unspecified atom stereocenters. The van der Waals surface area contributed by atoms with Gasteiger partial charge in [0.05, 0.1) is 0 Å². The Kier molecular flexibility index (Phi) is 3.60. The minimum atomic E-state index is 0.143. The van der Waals surface area contributed by atoms with Crippen LogP contribution < -0.4 is 10.6 Å². The maximum absolute atomic E-state index is 7.48. The number of nitrogens with two attached hydrogens (primary N) is 1. The fraction of sp³-hybridized carbons (Fsp3) is 0.533. The summed E-state index contributed by atoms with van der Waals surface area (Å²) in [6, 6.07) is 6.67. The first kappa shape index (κ1) is 12.9. The summed E-state index contributed by atoms with van der Waals surface area (Å²) in [5.41, 5.74) is 8.85. The lowest BCUT2D eigenvalue weighted by atomic mass is 9.91. The number of nitrogens with one attached hydrogen (secondary N) is 1. The van der Waals surface area contributed by atoms with E-state index in [9.17, 15) is 0 Å². The highest BCUT2D eigenvalue weighted by Gasteiger charge is 2.25. The molecule has 1 aromatic rings. The molecule has 18 heavy (non-hydrogen) atoms.